The van der Waals surface area contributed by atoms with Crippen molar-refractivity contribution in [3.8, 4) is 17.4 Å². The van der Waals surface area contributed by atoms with Crippen LogP contribution in [0.25, 0.3) is 0 Å². The minimum atomic E-state index is -0.0950. The topological polar surface area (TPSA) is 59.0 Å². The van der Waals surface area contributed by atoms with Crippen molar-refractivity contribution in [3.63, 3.8) is 0 Å². The van der Waals surface area contributed by atoms with E-state index >= 15 is 0 Å². The third-order valence-corrected chi connectivity index (χ3v) is 2.86. The molecule has 7 heteroatoms. The van der Waals surface area contributed by atoms with Crippen LogP contribution in [0.15, 0.2) is 6.07 Å². The molecule has 2 rings (SSSR count). The second-order valence-corrected chi connectivity index (χ2v) is 4.22. The number of pyridine rings is 1. The van der Waals surface area contributed by atoms with Crippen molar-refractivity contribution in [3.05, 3.63) is 11.2 Å². The maximum absolute atomic E-state index is 5.98. The van der Waals surface area contributed by atoms with Crippen LogP contribution in [0.5, 0.6) is 17.4 Å². The van der Waals surface area contributed by atoms with Crippen LogP contribution >= 0.6 is 11.6 Å². The van der Waals surface area contributed by atoms with E-state index < -0.39 is 0 Å². The van der Waals surface area contributed by atoms with Gasteiger partial charge in [0, 0.05) is 6.07 Å². The first-order valence-electron chi connectivity index (χ1n) is 5.85. The second kappa shape index (κ2) is 6.79. The highest BCUT2D eigenvalue weighted by Gasteiger charge is 2.17. The Kier molecular flexibility index (Phi) is 5.07. The zero-order valence-corrected chi connectivity index (χ0v) is 11.6. The summed E-state index contributed by atoms with van der Waals surface area (Å²) in [7, 11) is 3.02. The fraction of sp³-hybridized carbons (Fsp3) is 0.583. The molecule has 1 aromatic heterocycles. The van der Waals surface area contributed by atoms with Crippen LogP contribution in [0.3, 0.4) is 0 Å². The van der Waals surface area contributed by atoms with Gasteiger partial charge in [0.05, 0.1) is 34.0 Å². The Labute approximate surface area is 116 Å². The van der Waals surface area contributed by atoms with Gasteiger partial charge in [0.1, 0.15) is 12.7 Å². The number of hydrogen-bond acceptors (Lipinski definition) is 6. The largest absolute Gasteiger partial charge is 0.493 e. The Morgan fingerprint density at radius 3 is 2.84 bits per heavy atom. The van der Waals surface area contributed by atoms with Crippen LogP contribution in [0, 0.1) is 0 Å². The van der Waals surface area contributed by atoms with Crippen LogP contribution < -0.4 is 14.2 Å². The fourth-order valence-corrected chi connectivity index (χ4v) is 1.93. The summed E-state index contributed by atoms with van der Waals surface area (Å²) in [5, 5.41) is 0.192. The van der Waals surface area contributed by atoms with Gasteiger partial charge >= 0.3 is 0 Å². The molecule has 1 aromatic rings. The fourth-order valence-electron chi connectivity index (χ4n) is 1.68. The van der Waals surface area contributed by atoms with Gasteiger partial charge in [-0.1, -0.05) is 11.6 Å². The van der Waals surface area contributed by atoms with Gasteiger partial charge < -0.3 is 23.7 Å². The summed E-state index contributed by atoms with van der Waals surface area (Å²) in [6.07, 6.45) is -0.0950. The Morgan fingerprint density at radius 2 is 2.21 bits per heavy atom. The molecule has 0 radical (unpaired) electrons. The number of halogens is 1. The Morgan fingerprint density at radius 1 is 1.37 bits per heavy atom. The predicted molar refractivity (Wildman–Crippen MR) is 68.4 cm³/mol. The third kappa shape index (κ3) is 3.62. The van der Waals surface area contributed by atoms with Crippen LogP contribution in [0.4, 0.5) is 0 Å². The van der Waals surface area contributed by atoms with Crippen molar-refractivity contribution in [2.24, 2.45) is 0 Å². The smallest absolute Gasteiger partial charge is 0.218 e. The van der Waals surface area contributed by atoms with E-state index in [9.17, 15) is 0 Å². The zero-order valence-electron chi connectivity index (χ0n) is 10.8. The van der Waals surface area contributed by atoms with Crippen LogP contribution in [0.1, 0.15) is 0 Å². The number of rotatable bonds is 5. The van der Waals surface area contributed by atoms with Crippen molar-refractivity contribution in [2.75, 3.05) is 40.6 Å². The maximum atomic E-state index is 5.98. The molecule has 0 saturated carbocycles. The minimum Gasteiger partial charge on any atom is -0.493 e. The average Bonchev–Trinajstić information content (AvgIpc) is 2.45. The van der Waals surface area contributed by atoms with Gasteiger partial charge in [-0.05, 0) is 0 Å². The van der Waals surface area contributed by atoms with Crippen molar-refractivity contribution >= 4 is 11.6 Å². The summed E-state index contributed by atoms with van der Waals surface area (Å²) < 4.78 is 26.5. The van der Waals surface area contributed by atoms with E-state index in [0.717, 1.165) is 0 Å². The number of aromatic nitrogens is 1. The average molecular weight is 290 g/mol. The Bertz CT molecular complexity index is 423. The van der Waals surface area contributed by atoms with Crippen molar-refractivity contribution in [1.82, 2.24) is 4.98 Å². The highest BCUT2D eigenvalue weighted by Crippen LogP contribution is 2.36. The predicted octanol–water partition coefficient (Wildman–Crippen LogP) is 1.55. The minimum absolute atomic E-state index is 0.0950. The van der Waals surface area contributed by atoms with Gasteiger partial charge in [-0.3, -0.25) is 0 Å². The highest BCUT2D eigenvalue weighted by molar-refractivity contribution is 6.31. The van der Waals surface area contributed by atoms with Gasteiger partial charge in [0.2, 0.25) is 5.88 Å². The van der Waals surface area contributed by atoms with Crippen LogP contribution in [-0.4, -0.2) is 51.7 Å². The first-order valence-corrected chi connectivity index (χ1v) is 6.23. The standard InChI is InChI=1S/C12H16ClNO5/c1-15-9-5-10(14-12(13)11(9)16-2)19-7-8-6-17-3-4-18-8/h5,8H,3-4,6-7H2,1-2H3. The Balaban J connectivity index is 2.01. The maximum Gasteiger partial charge on any atom is 0.218 e. The summed E-state index contributed by atoms with van der Waals surface area (Å²) in [6.45, 7) is 2.06. The zero-order chi connectivity index (χ0) is 13.7. The molecule has 0 bridgehead atoms. The van der Waals surface area contributed by atoms with Gasteiger partial charge in [-0.15, -0.1) is 0 Å². The van der Waals surface area contributed by atoms with E-state index in [1.165, 1.54) is 14.2 Å². The van der Waals surface area contributed by atoms with Crippen molar-refractivity contribution in [2.45, 2.75) is 6.10 Å². The summed E-state index contributed by atoms with van der Waals surface area (Å²) in [4.78, 5) is 4.08. The number of methoxy groups -OCH3 is 2. The summed E-state index contributed by atoms with van der Waals surface area (Å²) in [5.74, 6) is 1.21. The second-order valence-electron chi connectivity index (χ2n) is 3.87. The quantitative estimate of drug-likeness (QED) is 0.767. The lowest BCUT2D eigenvalue weighted by Gasteiger charge is -2.22. The summed E-state index contributed by atoms with van der Waals surface area (Å²) >= 11 is 5.98. The van der Waals surface area contributed by atoms with E-state index in [0.29, 0.717) is 43.8 Å². The molecule has 1 aliphatic heterocycles. The highest BCUT2D eigenvalue weighted by atomic mass is 35.5. The summed E-state index contributed by atoms with van der Waals surface area (Å²) in [6, 6.07) is 1.62. The molecule has 0 spiro atoms. The SMILES string of the molecule is COc1cc(OCC2COCCO2)nc(Cl)c1OC. The number of hydrogen-bond donors (Lipinski definition) is 0. The molecule has 106 valence electrons. The number of nitrogens with zero attached hydrogens (tertiary/aromatic N) is 1. The molecule has 2 heterocycles. The molecule has 1 aliphatic rings. The molecule has 6 nitrogen and oxygen atoms in total. The lowest BCUT2D eigenvalue weighted by molar-refractivity contribution is -0.102. The lowest BCUT2D eigenvalue weighted by Crippen LogP contribution is -2.33. The molecular weight excluding hydrogens is 274 g/mol. The van der Waals surface area contributed by atoms with Crippen molar-refractivity contribution < 1.29 is 23.7 Å². The molecule has 1 unspecified atom stereocenters. The molecule has 1 atom stereocenters. The molecule has 0 aliphatic carbocycles. The normalized spacial score (nSPS) is 19.0. The van der Waals surface area contributed by atoms with E-state index in [2.05, 4.69) is 4.98 Å². The molecule has 0 N–H and O–H groups in total. The molecule has 0 aromatic carbocycles. The molecule has 1 saturated heterocycles. The van der Waals surface area contributed by atoms with Gasteiger partial charge in [-0.2, -0.15) is 4.98 Å². The van der Waals surface area contributed by atoms with Crippen LogP contribution in [0.2, 0.25) is 5.15 Å². The van der Waals surface area contributed by atoms with Crippen LogP contribution in [-0.2, 0) is 9.47 Å². The monoisotopic (exact) mass is 289 g/mol. The molecule has 19 heavy (non-hydrogen) atoms. The van der Waals surface area contributed by atoms with Crippen molar-refractivity contribution in [1.29, 1.82) is 0 Å². The first kappa shape index (κ1) is 14.2. The van der Waals surface area contributed by atoms with Gasteiger partial charge in [0.25, 0.3) is 0 Å². The van der Waals surface area contributed by atoms with E-state index in [1.54, 1.807) is 6.07 Å². The first-order chi connectivity index (χ1) is 9.24. The lowest BCUT2D eigenvalue weighted by atomic mass is 10.3. The molecule has 1 fully saturated rings. The Hall–Kier alpha value is -1.24. The summed E-state index contributed by atoms with van der Waals surface area (Å²) in [5.41, 5.74) is 0. The van der Waals surface area contributed by atoms with Gasteiger partial charge in [0.15, 0.2) is 16.7 Å². The number of ether oxygens (including phenoxy) is 5. The third-order valence-electron chi connectivity index (χ3n) is 2.60. The van der Waals surface area contributed by atoms with E-state index in [4.69, 9.17) is 35.3 Å². The molecular formula is C12H16ClNO5. The van der Waals surface area contributed by atoms with E-state index in [1.807, 2.05) is 0 Å². The van der Waals surface area contributed by atoms with Gasteiger partial charge in [-0.25, -0.2) is 0 Å². The van der Waals surface area contributed by atoms with E-state index in [-0.39, 0.29) is 11.3 Å². The molecule has 0 amide bonds.